The van der Waals surface area contributed by atoms with Crippen LogP contribution in [0, 0.1) is 11.3 Å². The fourth-order valence-electron chi connectivity index (χ4n) is 1.16. The lowest BCUT2D eigenvalue weighted by molar-refractivity contribution is -0.151. The van der Waals surface area contributed by atoms with Gasteiger partial charge < -0.3 is 4.74 Å². The van der Waals surface area contributed by atoms with Crippen LogP contribution in [0.15, 0.2) is 24.3 Å². The minimum Gasteiger partial charge on any atom is -0.457 e. The summed E-state index contributed by atoms with van der Waals surface area (Å²) in [4.78, 5) is 25.8. The van der Waals surface area contributed by atoms with Gasteiger partial charge in [-0.1, -0.05) is 12.1 Å². The fraction of sp³-hybridized carbons (Fsp3) is 0.182. The molecule has 17 heavy (non-hydrogen) atoms. The van der Waals surface area contributed by atoms with Crippen LogP contribution in [-0.2, 0) is 9.53 Å². The highest BCUT2D eigenvalue weighted by Crippen LogP contribution is 2.05. The molecule has 1 aromatic carbocycles. The Morgan fingerprint density at radius 2 is 2.18 bits per heavy atom. The van der Waals surface area contributed by atoms with Gasteiger partial charge in [0, 0.05) is 5.56 Å². The molecule has 0 aliphatic rings. The molecule has 0 saturated carbocycles. The molecule has 1 rings (SSSR count). The van der Waals surface area contributed by atoms with Crippen LogP contribution >= 0.6 is 0 Å². The first-order valence-electron chi connectivity index (χ1n) is 4.82. The molecule has 0 aliphatic carbocycles. The number of hydrogen-bond donors (Lipinski definition) is 1. The molecule has 1 N–H and O–H groups in total. The summed E-state index contributed by atoms with van der Waals surface area (Å²) in [6.45, 7) is 1.63. The van der Waals surface area contributed by atoms with Gasteiger partial charge >= 0.3 is 11.7 Å². The van der Waals surface area contributed by atoms with E-state index in [0.717, 1.165) is 6.07 Å². The van der Waals surface area contributed by atoms with Crippen molar-refractivity contribution in [2.45, 2.75) is 6.92 Å². The number of nitrogens with zero attached hydrogens (tertiary/aromatic N) is 1. The number of benzene rings is 1. The molecule has 0 spiro atoms. The van der Waals surface area contributed by atoms with Crippen molar-refractivity contribution in [3.8, 4) is 0 Å². The van der Waals surface area contributed by atoms with Gasteiger partial charge in [0.15, 0.2) is 0 Å². The Morgan fingerprint density at radius 1 is 1.47 bits per heavy atom. The average Bonchev–Trinajstić information content (AvgIpc) is 2.30. The molecule has 0 atom stereocenters. The number of halogens is 1. The summed E-state index contributed by atoms with van der Waals surface area (Å²) in [7, 11) is 0. The van der Waals surface area contributed by atoms with Crippen molar-refractivity contribution in [2.75, 3.05) is 6.61 Å². The Labute approximate surface area is 96.4 Å². The van der Waals surface area contributed by atoms with E-state index in [2.05, 4.69) is 9.53 Å². The molecule has 1 aromatic rings. The quantitative estimate of drug-likeness (QED) is 0.214. The van der Waals surface area contributed by atoms with Crippen molar-refractivity contribution in [3.05, 3.63) is 35.6 Å². The highest BCUT2D eigenvalue weighted by atomic mass is 19.1. The first-order chi connectivity index (χ1) is 8.10. The van der Waals surface area contributed by atoms with E-state index in [-0.39, 0.29) is 12.2 Å². The van der Waals surface area contributed by atoms with Crippen LogP contribution in [0.25, 0.3) is 0 Å². The first-order valence-corrected chi connectivity index (χ1v) is 4.82. The zero-order chi connectivity index (χ0) is 12.8. The zero-order valence-electron chi connectivity index (χ0n) is 9.07. The molecule has 0 aliphatic heterocycles. The second-order valence-electron chi connectivity index (χ2n) is 3.02. The van der Waals surface area contributed by atoms with Crippen molar-refractivity contribution in [1.82, 2.24) is 0 Å². The largest absolute Gasteiger partial charge is 0.495 e. The van der Waals surface area contributed by atoms with Crippen LogP contribution in [-0.4, -0.2) is 28.9 Å². The van der Waals surface area contributed by atoms with Gasteiger partial charge in [-0.3, -0.25) is 4.79 Å². The standard InChI is InChI=1S/C11H10FN2O3/c1-2-17-11(16)9(14-13)10(15)7-4-3-5-8(12)6-7/h3-6,13H,2H2,1H3/q+1. The molecule has 0 aromatic heterocycles. The van der Waals surface area contributed by atoms with E-state index in [9.17, 15) is 14.0 Å². The maximum Gasteiger partial charge on any atom is 0.495 e. The Kier molecular flexibility index (Phi) is 4.25. The predicted molar refractivity (Wildman–Crippen MR) is 55.4 cm³/mol. The summed E-state index contributed by atoms with van der Waals surface area (Å²) in [6.07, 6.45) is 0. The third kappa shape index (κ3) is 3.06. The van der Waals surface area contributed by atoms with Crippen LogP contribution in [0.2, 0.25) is 0 Å². The van der Waals surface area contributed by atoms with E-state index in [0.29, 0.717) is 0 Å². The van der Waals surface area contributed by atoms with Crippen LogP contribution in [0.5, 0.6) is 0 Å². The number of hydrogen-bond acceptors (Lipinski definition) is 4. The van der Waals surface area contributed by atoms with Crippen molar-refractivity contribution in [1.29, 1.82) is 5.53 Å². The number of carbonyl (C=O) groups excluding carboxylic acids is 2. The fourth-order valence-corrected chi connectivity index (χ4v) is 1.16. The summed E-state index contributed by atoms with van der Waals surface area (Å²) in [5, 5.41) is 0. The van der Waals surface area contributed by atoms with Crippen molar-refractivity contribution in [2.24, 2.45) is 0 Å². The van der Waals surface area contributed by atoms with Crippen molar-refractivity contribution in [3.63, 3.8) is 0 Å². The van der Waals surface area contributed by atoms with Crippen molar-refractivity contribution < 1.29 is 23.5 Å². The molecule has 88 valence electrons. The van der Waals surface area contributed by atoms with Gasteiger partial charge in [0.2, 0.25) is 0 Å². The third-order valence-electron chi connectivity index (χ3n) is 1.88. The van der Waals surface area contributed by atoms with Crippen LogP contribution in [0.1, 0.15) is 17.3 Å². The number of esters is 1. The molecule has 0 radical (unpaired) electrons. The molecular formula is C11H10FN2O3+. The number of ketones is 1. The minimum atomic E-state index is -0.989. The molecule has 0 amide bonds. The lowest BCUT2D eigenvalue weighted by Crippen LogP contribution is -2.27. The number of Topliss-reactive ketones (excluding diaryl/α,β-unsaturated/α-hetero) is 1. The van der Waals surface area contributed by atoms with Gasteiger partial charge in [0.05, 0.1) is 16.9 Å². The number of nitrogens with one attached hydrogen (secondary N) is 1. The molecule has 6 heteroatoms. The van der Waals surface area contributed by atoms with Gasteiger partial charge in [0.1, 0.15) is 5.82 Å². The Balaban J connectivity index is 3.03. The second kappa shape index (κ2) is 5.67. The SMILES string of the molecule is CCOC(=O)C(=[N+]=N)C(=O)c1cccc(F)c1. The molecule has 0 bridgehead atoms. The van der Waals surface area contributed by atoms with E-state index in [1.54, 1.807) is 6.92 Å². The first kappa shape index (κ1) is 12.7. The topological polar surface area (TPSA) is 81.3 Å². The van der Waals surface area contributed by atoms with E-state index in [1.165, 1.54) is 18.2 Å². The number of carbonyl (C=O) groups is 2. The highest BCUT2D eigenvalue weighted by Gasteiger charge is 2.34. The van der Waals surface area contributed by atoms with Crippen LogP contribution < -0.4 is 0 Å². The Morgan fingerprint density at radius 3 is 2.71 bits per heavy atom. The smallest absolute Gasteiger partial charge is 0.457 e. The molecule has 0 saturated heterocycles. The minimum absolute atomic E-state index is 0.0518. The van der Waals surface area contributed by atoms with E-state index in [4.69, 9.17) is 5.53 Å². The summed E-state index contributed by atoms with van der Waals surface area (Å²) in [5.41, 5.74) is 6.05. The molecule has 0 fully saturated rings. The number of rotatable bonds is 4. The molecule has 5 nitrogen and oxygen atoms in total. The number of ether oxygens (including phenoxy) is 1. The van der Waals surface area contributed by atoms with Gasteiger partial charge in [-0.2, -0.15) is 0 Å². The zero-order valence-corrected chi connectivity index (χ0v) is 9.07. The summed E-state index contributed by atoms with van der Waals surface area (Å²) >= 11 is 0. The second-order valence-corrected chi connectivity index (χ2v) is 3.02. The maximum absolute atomic E-state index is 12.9. The van der Waals surface area contributed by atoms with Gasteiger partial charge in [-0.15, -0.1) is 0 Å². The van der Waals surface area contributed by atoms with Gasteiger partial charge in [-0.25, -0.2) is 9.18 Å². The van der Waals surface area contributed by atoms with E-state index in [1.807, 2.05) is 0 Å². The molecule has 0 unspecified atom stereocenters. The summed E-state index contributed by atoms with van der Waals surface area (Å²) < 4.78 is 17.5. The van der Waals surface area contributed by atoms with Crippen LogP contribution in [0.3, 0.4) is 0 Å². The van der Waals surface area contributed by atoms with Crippen molar-refractivity contribution >= 4 is 17.5 Å². The van der Waals surface area contributed by atoms with E-state index < -0.39 is 23.3 Å². The molecule has 0 heterocycles. The third-order valence-corrected chi connectivity index (χ3v) is 1.88. The van der Waals surface area contributed by atoms with Gasteiger partial charge in [0.25, 0.3) is 5.78 Å². The summed E-state index contributed by atoms with van der Waals surface area (Å²) in [5.74, 6) is -2.43. The lowest BCUT2D eigenvalue weighted by atomic mass is 10.1. The monoisotopic (exact) mass is 237 g/mol. The lowest BCUT2D eigenvalue weighted by Gasteiger charge is -1.96. The predicted octanol–water partition coefficient (Wildman–Crippen LogP) is 1.25. The Hall–Kier alpha value is -2.33. The van der Waals surface area contributed by atoms with E-state index >= 15 is 0 Å². The average molecular weight is 237 g/mol. The summed E-state index contributed by atoms with van der Waals surface area (Å²) in [6, 6.07) is 4.79. The normalized spacial score (nSPS) is 9.29. The molecular weight excluding hydrogens is 227 g/mol. The highest BCUT2D eigenvalue weighted by molar-refractivity contribution is 6.65. The Bertz CT molecular complexity index is 507. The van der Waals surface area contributed by atoms with Crippen LogP contribution in [0.4, 0.5) is 4.39 Å². The maximum atomic E-state index is 12.9. The van der Waals surface area contributed by atoms with Gasteiger partial charge in [-0.05, 0) is 19.1 Å².